The van der Waals surface area contributed by atoms with Gasteiger partial charge in [-0.05, 0) is 29.8 Å². The molecule has 2 aromatic rings. The number of hydrogen-bond acceptors (Lipinski definition) is 3. The maximum absolute atomic E-state index is 13.1. The molecule has 6 heteroatoms. The molecule has 19 heavy (non-hydrogen) atoms. The molecule has 1 heterocycles. The van der Waals surface area contributed by atoms with Gasteiger partial charge in [0, 0.05) is 17.5 Å². The van der Waals surface area contributed by atoms with Gasteiger partial charge in [-0.1, -0.05) is 17.7 Å². The molecule has 0 aliphatic carbocycles. The lowest BCUT2D eigenvalue weighted by molar-refractivity contribution is 0.627. The first-order chi connectivity index (χ1) is 9.08. The molecular weight excluding hydrogens is 285 g/mol. The Bertz CT molecular complexity index is 619. The number of aromatic nitrogens is 1. The average Bonchev–Trinajstić information content (AvgIpc) is 2.38. The van der Waals surface area contributed by atoms with Crippen LogP contribution in [0.4, 0.5) is 4.39 Å². The van der Waals surface area contributed by atoms with Crippen LogP contribution in [0.15, 0.2) is 41.6 Å². The van der Waals surface area contributed by atoms with Gasteiger partial charge in [-0.2, -0.15) is 0 Å². The van der Waals surface area contributed by atoms with Crippen molar-refractivity contribution in [1.29, 1.82) is 5.41 Å². The van der Waals surface area contributed by atoms with Crippen molar-refractivity contribution in [3.63, 3.8) is 0 Å². The maximum Gasteiger partial charge on any atom is 0.123 e. The lowest BCUT2D eigenvalue weighted by atomic mass is 10.1. The van der Waals surface area contributed by atoms with Gasteiger partial charge in [0.05, 0.1) is 5.02 Å². The zero-order chi connectivity index (χ0) is 13.8. The number of nitrogens with two attached hydrogens (primary N) is 1. The molecule has 0 atom stereocenters. The van der Waals surface area contributed by atoms with E-state index in [-0.39, 0.29) is 5.84 Å². The van der Waals surface area contributed by atoms with Gasteiger partial charge in [-0.3, -0.25) is 5.41 Å². The molecule has 0 aliphatic heterocycles. The Morgan fingerprint density at radius 2 is 2.21 bits per heavy atom. The topological polar surface area (TPSA) is 62.8 Å². The molecule has 0 amide bonds. The van der Waals surface area contributed by atoms with Crippen LogP contribution in [0.3, 0.4) is 0 Å². The Balaban J connectivity index is 2.20. The Labute approximate surface area is 119 Å². The smallest absolute Gasteiger partial charge is 0.123 e. The third-order valence-electron chi connectivity index (χ3n) is 2.45. The summed E-state index contributed by atoms with van der Waals surface area (Å²) in [6.45, 7) is 0. The number of halogens is 2. The van der Waals surface area contributed by atoms with Crippen molar-refractivity contribution in [3.8, 4) is 0 Å². The highest BCUT2D eigenvalue weighted by Crippen LogP contribution is 2.28. The second-order valence-corrected chi connectivity index (χ2v) is 5.17. The summed E-state index contributed by atoms with van der Waals surface area (Å²) in [5.74, 6) is -0.0385. The van der Waals surface area contributed by atoms with Crippen molar-refractivity contribution in [2.24, 2.45) is 5.73 Å². The van der Waals surface area contributed by atoms with Gasteiger partial charge in [-0.25, -0.2) is 9.37 Å². The number of rotatable bonds is 4. The zero-order valence-corrected chi connectivity index (χ0v) is 11.4. The number of nitrogens with one attached hydrogen (secondary N) is 1. The number of thioether (sulfide) groups is 1. The van der Waals surface area contributed by atoms with Gasteiger partial charge in [0.15, 0.2) is 0 Å². The fraction of sp³-hybridized carbons (Fsp3) is 0.0769. The first-order valence-electron chi connectivity index (χ1n) is 5.44. The van der Waals surface area contributed by atoms with E-state index in [1.54, 1.807) is 24.4 Å². The van der Waals surface area contributed by atoms with Crippen molar-refractivity contribution >= 4 is 29.2 Å². The van der Waals surface area contributed by atoms with E-state index in [1.807, 2.05) is 0 Å². The lowest BCUT2D eigenvalue weighted by Gasteiger charge is -2.08. The molecule has 0 aliphatic rings. The van der Waals surface area contributed by atoms with Crippen LogP contribution in [0.2, 0.25) is 5.02 Å². The predicted octanol–water partition coefficient (Wildman–Crippen LogP) is 3.45. The van der Waals surface area contributed by atoms with Gasteiger partial charge in [0.1, 0.15) is 16.7 Å². The van der Waals surface area contributed by atoms with E-state index in [1.165, 1.54) is 23.9 Å². The minimum Gasteiger partial charge on any atom is -0.384 e. The number of amidine groups is 1. The van der Waals surface area contributed by atoms with E-state index in [2.05, 4.69) is 4.98 Å². The van der Waals surface area contributed by atoms with Crippen LogP contribution in [0.25, 0.3) is 0 Å². The first kappa shape index (κ1) is 13.8. The molecule has 0 fully saturated rings. The van der Waals surface area contributed by atoms with Crippen LogP contribution >= 0.6 is 23.4 Å². The summed E-state index contributed by atoms with van der Waals surface area (Å²) in [6, 6.07) is 7.75. The quantitative estimate of drug-likeness (QED) is 0.516. The van der Waals surface area contributed by atoms with Gasteiger partial charge in [0.25, 0.3) is 0 Å². The van der Waals surface area contributed by atoms with Crippen molar-refractivity contribution < 1.29 is 4.39 Å². The van der Waals surface area contributed by atoms with E-state index in [0.717, 1.165) is 5.56 Å². The fourth-order valence-corrected chi connectivity index (χ4v) is 2.72. The van der Waals surface area contributed by atoms with Crippen molar-refractivity contribution in [2.75, 3.05) is 0 Å². The molecule has 0 spiro atoms. The molecule has 1 aromatic heterocycles. The molecule has 0 unspecified atom stereocenters. The largest absolute Gasteiger partial charge is 0.384 e. The van der Waals surface area contributed by atoms with Crippen molar-refractivity contribution in [1.82, 2.24) is 4.98 Å². The second kappa shape index (κ2) is 6.04. The summed E-state index contributed by atoms with van der Waals surface area (Å²) < 4.78 is 13.1. The summed E-state index contributed by atoms with van der Waals surface area (Å²) >= 11 is 7.43. The van der Waals surface area contributed by atoms with Crippen LogP contribution in [-0.4, -0.2) is 10.8 Å². The van der Waals surface area contributed by atoms with Crippen LogP contribution in [-0.2, 0) is 5.75 Å². The summed E-state index contributed by atoms with van der Waals surface area (Å²) in [6.07, 6.45) is 1.66. The van der Waals surface area contributed by atoms with E-state index < -0.39 is 5.82 Å². The number of nitrogens with zero attached hydrogens (tertiary/aromatic N) is 1. The molecule has 0 bridgehead atoms. The second-order valence-electron chi connectivity index (χ2n) is 3.79. The molecule has 2 rings (SSSR count). The Hall–Kier alpha value is -1.59. The fourth-order valence-electron chi connectivity index (χ4n) is 1.55. The third kappa shape index (κ3) is 3.45. The van der Waals surface area contributed by atoms with Crippen LogP contribution in [0, 0.1) is 11.2 Å². The first-order valence-corrected chi connectivity index (χ1v) is 6.80. The monoisotopic (exact) mass is 295 g/mol. The standard InChI is InChI=1S/C13H11ClFN3S/c14-11-2-1-5-18-13(11)19-7-8-3-4-9(15)6-10(8)12(16)17/h1-6H,7H2,(H3,16,17). The van der Waals surface area contributed by atoms with Gasteiger partial charge < -0.3 is 5.73 Å². The SMILES string of the molecule is N=C(N)c1cc(F)ccc1CSc1ncccc1Cl. The minimum absolute atomic E-state index is 0.151. The average molecular weight is 296 g/mol. The summed E-state index contributed by atoms with van der Waals surface area (Å²) in [5.41, 5.74) is 6.63. The number of hydrogen-bond donors (Lipinski definition) is 2. The van der Waals surface area contributed by atoms with Crippen LogP contribution in [0.5, 0.6) is 0 Å². The Morgan fingerprint density at radius 3 is 2.89 bits per heavy atom. The molecule has 0 saturated carbocycles. The Kier molecular flexibility index (Phi) is 4.39. The zero-order valence-electron chi connectivity index (χ0n) is 9.86. The van der Waals surface area contributed by atoms with E-state index in [0.29, 0.717) is 21.4 Å². The molecular formula is C13H11ClFN3S. The molecule has 3 N–H and O–H groups in total. The van der Waals surface area contributed by atoms with Crippen molar-refractivity contribution in [2.45, 2.75) is 10.8 Å². The van der Waals surface area contributed by atoms with Crippen LogP contribution < -0.4 is 5.73 Å². The van der Waals surface area contributed by atoms with Gasteiger partial charge in [0.2, 0.25) is 0 Å². The third-order valence-corrected chi connectivity index (χ3v) is 3.92. The molecule has 3 nitrogen and oxygen atoms in total. The van der Waals surface area contributed by atoms with Crippen LogP contribution in [0.1, 0.15) is 11.1 Å². The highest BCUT2D eigenvalue weighted by molar-refractivity contribution is 7.98. The predicted molar refractivity (Wildman–Crippen MR) is 76.2 cm³/mol. The minimum atomic E-state index is -0.408. The molecule has 0 saturated heterocycles. The summed E-state index contributed by atoms with van der Waals surface area (Å²) in [5, 5.41) is 8.72. The normalized spacial score (nSPS) is 10.4. The molecule has 0 radical (unpaired) electrons. The highest BCUT2D eigenvalue weighted by Gasteiger charge is 2.09. The summed E-state index contributed by atoms with van der Waals surface area (Å²) in [4.78, 5) is 4.16. The summed E-state index contributed by atoms with van der Waals surface area (Å²) in [7, 11) is 0. The highest BCUT2D eigenvalue weighted by atomic mass is 35.5. The molecule has 1 aromatic carbocycles. The number of benzene rings is 1. The van der Waals surface area contributed by atoms with E-state index in [4.69, 9.17) is 22.7 Å². The van der Waals surface area contributed by atoms with Crippen molar-refractivity contribution in [3.05, 3.63) is 58.5 Å². The van der Waals surface area contributed by atoms with E-state index in [9.17, 15) is 4.39 Å². The number of nitrogen functional groups attached to an aromatic ring is 1. The van der Waals surface area contributed by atoms with Gasteiger partial charge in [-0.15, -0.1) is 11.8 Å². The Morgan fingerprint density at radius 1 is 1.42 bits per heavy atom. The molecule has 98 valence electrons. The number of pyridine rings is 1. The lowest BCUT2D eigenvalue weighted by Crippen LogP contribution is -2.14. The maximum atomic E-state index is 13.1. The van der Waals surface area contributed by atoms with Gasteiger partial charge >= 0.3 is 0 Å². The van der Waals surface area contributed by atoms with E-state index >= 15 is 0 Å².